The maximum atomic E-state index is 13.8. The van der Waals surface area contributed by atoms with E-state index in [2.05, 4.69) is 14.2 Å². The van der Waals surface area contributed by atoms with Crippen LogP contribution in [-0.2, 0) is 10.5 Å². The number of pyridine rings is 2. The van der Waals surface area contributed by atoms with Gasteiger partial charge < -0.3 is 18.5 Å². The summed E-state index contributed by atoms with van der Waals surface area (Å²) in [5.74, 6) is -0.835. The van der Waals surface area contributed by atoms with E-state index in [9.17, 15) is 35.5 Å². The smallest absolute Gasteiger partial charge is 0.483 e. The summed E-state index contributed by atoms with van der Waals surface area (Å²) in [7, 11) is -5.40. The van der Waals surface area contributed by atoms with Gasteiger partial charge in [-0.1, -0.05) is 9.95 Å². The molecule has 204 valence electrons. The predicted molar refractivity (Wildman–Crippen MR) is 136 cm³/mol. The second-order valence-electron chi connectivity index (χ2n) is 9.31. The molecule has 0 unspecified atom stereocenters. The number of nitrogens with one attached hydrogen (secondary N) is 1. The van der Waals surface area contributed by atoms with Gasteiger partial charge in [0.1, 0.15) is 11.4 Å². The number of benzene rings is 2. The normalized spacial score (nSPS) is 14.1. The van der Waals surface area contributed by atoms with Crippen LogP contribution in [0.15, 0.2) is 53.6 Å². The largest absolute Gasteiger partial charge is 0.488 e. The topological polar surface area (TPSA) is 127 Å². The van der Waals surface area contributed by atoms with E-state index in [0.717, 1.165) is 25.1 Å². The molecule has 0 aliphatic heterocycles. The first-order valence-electron chi connectivity index (χ1n) is 11.8. The Balaban J connectivity index is 1.66. The Morgan fingerprint density at radius 1 is 1.12 bits per heavy atom. The number of hydrogen-bond donors (Lipinski definition) is 1. The van der Waals surface area contributed by atoms with Gasteiger partial charge in [0.25, 0.3) is 0 Å². The molecule has 0 saturated heterocycles. The van der Waals surface area contributed by atoms with Gasteiger partial charge in [-0.2, -0.15) is 26.9 Å². The summed E-state index contributed by atoms with van der Waals surface area (Å²) in [5.41, 5.74) is 1.44. The number of hydrogen-bond acceptors (Lipinski definition) is 7. The summed E-state index contributed by atoms with van der Waals surface area (Å²) < 4.78 is 85.8. The summed E-state index contributed by atoms with van der Waals surface area (Å²) >= 11 is 0. The Kier molecular flexibility index (Phi) is 5.74. The van der Waals surface area contributed by atoms with Gasteiger partial charge in [0.05, 0.1) is 34.1 Å². The molecule has 0 spiro atoms. The number of alkyl halides is 3. The van der Waals surface area contributed by atoms with Crippen molar-refractivity contribution in [2.45, 2.75) is 25.1 Å². The summed E-state index contributed by atoms with van der Waals surface area (Å²) in [6.45, 7) is -1.67. The number of H-pyrrole nitrogens is 1. The molecule has 40 heavy (non-hydrogen) atoms. The first-order chi connectivity index (χ1) is 18.9. The van der Waals surface area contributed by atoms with Crippen molar-refractivity contribution < 1.29 is 34.4 Å². The van der Waals surface area contributed by atoms with Gasteiger partial charge in [0, 0.05) is 34.3 Å². The van der Waals surface area contributed by atoms with Gasteiger partial charge in [-0.25, -0.2) is 0 Å². The SMILES string of the molecule is N#Cc1ccc2c(c1)[nH]c1c2c(=O)c2cc(OCC(F)(F)F)c(-c3cncc(OS(=O)(=O)F)c3)cc2n1C1CC1. The van der Waals surface area contributed by atoms with Crippen molar-refractivity contribution in [3.63, 3.8) is 0 Å². The zero-order chi connectivity index (χ0) is 28.4. The van der Waals surface area contributed by atoms with Gasteiger partial charge in [-0.15, -0.1) is 0 Å². The van der Waals surface area contributed by atoms with Crippen LogP contribution in [0.1, 0.15) is 24.4 Å². The van der Waals surface area contributed by atoms with E-state index in [0.29, 0.717) is 33.0 Å². The summed E-state index contributed by atoms with van der Waals surface area (Å²) in [6.07, 6.45) is -1.00. The third-order valence-electron chi connectivity index (χ3n) is 6.50. The Bertz CT molecular complexity index is 2060. The van der Waals surface area contributed by atoms with Crippen molar-refractivity contribution in [3.8, 4) is 28.7 Å². The van der Waals surface area contributed by atoms with Crippen LogP contribution in [-0.4, -0.2) is 35.7 Å². The zero-order valence-electron chi connectivity index (χ0n) is 20.1. The van der Waals surface area contributed by atoms with E-state index in [1.807, 2.05) is 10.6 Å². The minimum atomic E-state index is -5.40. The molecular formula is C26H16F4N4O5S. The number of nitrogens with zero attached hydrogens (tertiary/aromatic N) is 3. The van der Waals surface area contributed by atoms with Gasteiger partial charge in [-0.05, 0) is 43.2 Å². The standard InChI is InChI=1S/C26H16F4N4O5S/c27-26(28,29)12-38-22-8-19-21(7-18(22)14-6-16(11-32-10-14)39-40(30,36)37)34(15-2-3-15)25-23(24(19)35)17-4-1-13(9-31)5-20(17)33-25/h1,4-8,10-11,15,33H,2-3,12H2. The molecule has 5 aromatic rings. The van der Waals surface area contributed by atoms with Crippen LogP contribution >= 0.6 is 0 Å². The average molecular weight is 572 g/mol. The fourth-order valence-electron chi connectivity index (χ4n) is 4.81. The molecule has 9 nitrogen and oxygen atoms in total. The van der Waals surface area contributed by atoms with E-state index < -0.39 is 34.5 Å². The fraction of sp³-hybridized carbons (Fsp3) is 0.192. The van der Waals surface area contributed by atoms with Crippen molar-refractivity contribution in [3.05, 3.63) is 64.6 Å². The lowest BCUT2D eigenvalue weighted by Gasteiger charge is -2.18. The van der Waals surface area contributed by atoms with Crippen LogP contribution in [0.25, 0.3) is 44.0 Å². The molecule has 1 fully saturated rings. The van der Waals surface area contributed by atoms with E-state index in [1.54, 1.807) is 18.2 Å². The highest BCUT2D eigenvalue weighted by atomic mass is 32.3. The van der Waals surface area contributed by atoms with Crippen LogP contribution in [0.2, 0.25) is 0 Å². The quantitative estimate of drug-likeness (QED) is 0.212. The van der Waals surface area contributed by atoms with Crippen molar-refractivity contribution in [2.24, 2.45) is 0 Å². The van der Waals surface area contributed by atoms with Crippen LogP contribution in [0.5, 0.6) is 11.5 Å². The number of aromatic amines is 1. The number of aromatic nitrogens is 3. The molecule has 3 heterocycles. The number of halogens is 4. The van der Waals surface area contributed by atoms with Gasteiger partial charge in [0.15, 0.2) is 17.8 Å². The Morgan fingerprint density at radius 2 is 1.90 bits per heavy atom. The summed E-state index contributed by atoms with van der Waals surface area (Å²) in [4.78, 5) is 20.9. The van der Waals surface area contributed by atoms with E-state index in [1.165, 1.54) is 18.3 Å². The number of fused-ring (bicyclic) bond motifs is 4. The maximum absolute atomic E-state index is 13.8. The third-order valence-corrected chi connectivity index (χ3v) is 6.89. The summed E-state index contributed by atoms with van der Waals surface area (Å²) in [5, 5.41) is 10.3. The molecular weight excluding hydrogens is 556 g/mol. The average Bonchev–Trinajstić information content (AvgIpc) is 3.65. The van der Waals surface area contributed by atoms with Crippen molar-refractivity contribution in [1.29, 1.82) is 5.26 Å². The number of rotatable bonds is 6. The van der Waals surface area contributed by atoms with E-state index in [4.69, 9.17) is 4.74 Å². The first kappa shape index (κ1) is 25.6. The molecule has 3 aromatic heterocycles. The second-order valence-corrected chi connectivity index (χ2v) is 10.3. The van der Waals surface area contributed by atoms with Crippen LogP contribution in [0.4, 0.5) is 17.1 Å². The van der Waals surface area contributed by atoms with Crippen LogP contribution < -0.4 is 14.3 Å². The van der Waals surface area contributed by atoms with Crippen molar-refractivity contribution in [1.82, 2.24) is 14.5 Å². The predicted octanol–water partition coefficient (Wildman–Crippen LogP) is 5.44. The number of ether oxygens (including phenoxy) is 1. The highest BCUT2D eigenvalue weighted by Gasteiger charge is 2.31. The van der Waals surface area contributed by atoms with Gasteiger partial charge in [0.2, 0.25) is 0 Å². The lowest BCUT2D eigenvalue weighted by Crippen LogP contribution is -2.20. The molecule has 1 saturated carbocycles. The second kappa shape index (κ2) is 8.95. The van der Waals surface area contributed by atoms with E-state index >= 15 is 0 Å². The van der Waals surface area contributed by atoms with Gasteiger partial charge in [-0.3, -0.25) is 9.78 Å². The van der Waals surface area contributed by atoms with Crippen LogP contribution in [0.3, 0.4) is 0 Å². The zero-order valence-corrected chi connectivity index (χ0v) is 20.9. The van der Waals surface area contributed by atoms with Gasteiger partial charge >= 0.3 is 16.7 Å². The monoisotopic (exact) mass is 572 g/mol. The molecule has 0 radical (unpaired) electrons. The van der Waals surface area contributed by atoms with Crippen molar-refractivity contribution in [2.75, 3.05) is 6.61 Å². The lowest BCUT2D eigenvalue weighted by molar-refractivity contribution is -0.153. The molecule has 1 N–H and O–H groups in total. The molecule has 0 amide bonds. The molecule has 14 heteroatoms. The van der Waals surface area contributed by atoms with Crippen LogP contribution in [0, 0.1) is 11.3 Å². The number of nitriles is 1. The third kappa shape index (κ3) is 4.68. The molecule has 6 rings (SSSR count). The Hall–Kier alpha value is -4.64. The molecule has 1 aliphatic rings. The fourth-order valence-corrected chi connectivity index (χ4v) is 5.13. The lowest BCUT2D eigenvalue weighted by atomic mass is 10.0. The summed E-state index contributed by atoms with van der Waals surface area (Å²) in [6, 6.07) is 10.6. The molecule has 0 atom stereocenters. The van der Waals surface area contributed by atoms with Crippen molar-refractivity contribution >= 4 is 43.3 Å². The Morgan fingerprint density at radius 3 is 2.58 bits per heavy atom. The minimum Gasteiger partial charge on any atom is -0.483 e. The maximum Gasteiger partial charge on any atom is 0.488 e. The first-order valence-corrected chi connectivity index (χ1v) is 13.1. The minimum absolute atomic E-state index is 0.0200. The highest BCUT2D eigenvalue weighted by Crippen LogP contribution is 2.43. The molecule has 1 aliphatic carbocycles. The Labute approximate surface area is 222 Å². The molecule has 0 bridgehead atoms. The molecule has 2 aromatic carbocycles. The van der Waals surface area contributed by atoms with E-state index in [-0.39, 0.29) is 28.3 Å². The highest BCUT2D eigenvalue weighted by molar-refractivity contribution is 7.81.